The maximum absolute atomic E-state index is 13.6. The van der Waals surface area contributed by atoms with Gasteiger partial charge in [0.2, 0.25) is 5.91 Å². The van der Waals surface area contributed by atoms with E-state index in [1.807, 2.05) is 30.3 Å². The van der Waals surface area contributed by atoms with Crippen molar-refractivity contribution in [1.82, 2.24) is 5.32 Å². The maximum atomic E-state index is 13.6. The van der Waals surface area contributed by atoms with Crippen molar-refractivity contribution in [2.24, 2.45) is 11.7 Å². The van der Waals surface area contributed by atoms with Crippen LogP contribution in [0.4, 0.5) is 4.39 Å². The number of hydrogen-bond donors (Lipinski definition) is 2. The van der Waals surface area contributed by atoms with Crippen LogP contribution < -0.4 is 11.1 Å². The summed E-state index contributed by atoms with van der Waals surface area (Å²) in [7, 11) is 0. The van der Waals surface area contributed by atoms with Crippen LogP contribution in [-0.4, -0.2) is 12.5 Å². The van der Waals surface area contributed by atoms with Crippen LogP contribution >= 0.6 is 28.3 Å². The monoisotopic (exact) mass is 414 g/mol. The van der Waals surface area contributed by atoms with E-state index in [1.165, 1.54) is 6.07 Å². The molecule has 6 heteroatoms. The third-order valence-corrected chi connectivity index (χ3v) is 4.33. The molecule has 3 nitrogen and oxygen atoms in total. The number of benzene rings is 2. The summed E-state index contributed by atoms with van der Waals surface area (Å²) in [5.41, 5.74) is 7.63. The van der Waals surface area contributed by atoms with Gasteiger partial charge in [0.1, 0.15) is 5.82 Å². The van der Waals surface area contributed by atoms with Crippen LogP contribution in [0.2, 0.25) is 0 Å². The van der Waals surface area contributed by atoms with Crippen LogP contribution in [0.5, 0.6) is 0 Å². The Bertz CT molecular complexity index is 669. The first-order chi connectivity index (χ1) is 11.0. The molecule has 0 bridgehead atoms. The molecular formula is C18H21BrClFN2O. The minimum absolute atomic E-state index is 0. The van der Waals surface area contributed by atoms with Crippen molar-refractivity contribution in [2.45, 2.75) is 19.4 Å². The molecule has 0 heterocycles. The lowest BCUT2D eigenvalue weighted by atomic mass is 9.94. The molecule has 0 spiro atoms. The average Bonchev–Trinajstić information content (AvgIpc) is 2.57. The molecule has 0 saturated heterocycles. The Morgan fingerprint density at radius 2 is 1.92 bits per heavy atom. The highest BCUT2D eigenvalue weighted by Gasteiger charge is 2.21. The number of carbonyl (C=O) groups is 1. The molecule has 130 valence electrons. The normalized spacial score (nSPS) is 12.8. The van der Waals surface area contributed by atoms with Gasteiger partial charge in [0, 0.05) is 17.1 Å². The first kappa shape index (κ1) is 20.6. The molecule has 24 heavy (non-hydrogen) atoms. The van der Waals surface area contributed by atoms with E-state index in [2.05, 4.69) is 21.2 Å². The SMILES string of the molecule is CC(C(=O)NCCc1cc(Br)ccc1F)C(N)c1ccccc1.Cl. The Morgan fingerprint density at radius 1 is 1.25 bits per heavy atom. The number of amides is 1. The Balaban J connectivity index is 0.00000288. The fourth-order valence-corrected chi connectivity index (χ4v) is 2.75. The average molecular weight is 416 g/mol. The summed E-state index contributed by atoms with van der Waals surface area (Å²) in [5.74, 6) is -0.752. The highest BCUT2D eigenvalue weighted by atomic mass is 79.9. The molecule has 2 unspecified atom stereocenters. The Labute approximate surface area is 156 Å². The van der Waals surface area contributed by atoms with Gasteiger partial charge in [-0.25, -0.2) is 4.39 Å². The van der Waals surface area contributed by atoms with Gasteiger partial charge in [0.15, 0.2) is 0 Å². The summed E-state index contributed by atoms with van der Waals surface area (Å²) >= 11 is 3.31. The lowest BCUT2D eigenvalue weighted by Gasteiger charge is -2.20. The highest BCUT2D eigenvalue weighted by Crippen LogP contribution is 2.19. The molecule has 0 radical (unpaired) electrons. The molecule has 0 aliphatic heterocycles. The quantitative estimate of drug-likeness (QED) is 0.749. The summed E-state index contributed by atoms with van der Waals surface area (Å²) in [6.45, 7) is 2.17. The fraction of sp³-hybridized carbons (Fsp3) is 0.278. The van der Waals surface area contributed by atoms with Gasteiger partial charge >= 0.3 is 0 Å². The van der Waals surface area contributed by atoms with Crippen molar-refractivity contribution >= 4 is 34.2 Å². The largest absolute Gasteiger partial charge is 0.355 e. The Morgan fingerprint density at radius 3 is 2.58 bits per heavy atom. The van der Waals surface area contributed by atoms with E-state index >= 15 is 0 Å². The molecule has 2 rings (SSSR count). The van der Waals surface area contributed by atoms with Crippen LogP contribution in [0.15, 0.2) is 53.0 Å². The van der Waals surface area contributed by atoms with Crippen LogP contribution in [0.25, 0.3) is 0 Å². The van der Waals surface area contributed by atoms with Gasteiger partial charge in [-0.05, 0) is 35.7 Å². The zero-order valence-corrected chi connectivity index (χ0v) is 15.7. The number of nitrogens with one attached hydrogen (secondary N) is 1. The molecule has 0 saturated carbocycles. The standard InChI is InChI=1S/C18H20BrFN2O.ClH/c1-12(17(21)13-5-3-2-4-6-13)18(23)22-10-9-14-11-15(19)7-8-16(14)20;/h2-8,11-12,17H,9-10,21H2,1H3,(H,22,23);1H. The minimum Gasteiger partial charge on any atom is -0.355 e. The summed E-state index contributed by atoms with van der Waals surface area (Å²) < 4.78 is 14.5. The second kappa shape index (κ2) is 9.77. The number of hydrogen-bond acceptors (Lipinski definition) is 2. The minimum atomic E-state index is -0.362. The Kier molecular flexibility index (Phi) is 8.39. The highest BCUT2D eigenvalue weighted by molar-refractivity contribution is 9.10. The van der Waals surface area contributed by atoms with Gasteiger partial charge in [-0.2, -0.15) is 0 Å². The van der Waals surface area contributed by atoms with Crippen molar-refractivity contribution in [3.8, 4) is 0 Å². The van der Waals surface area contributed by atoms with Gasteiger partial charge in [-0.1, -0.05) is 53.2 Å². The van der Waals surface area contributed by atoms with Crippen molar-refractivity contribution in [1.29, 1.82) is 0 Å². The number of halogens is 3. The van der Waals surface area contributed by atoms with E-state index in [0.717, 1.165) is 10.0 Å². The van der Waals surface area contributed by atoms with E-state index in [1.54, 1.807) is 19.1 Å². The van der Waals surface area contributed by atoms with Crippen LogP contribution in [-0.2, 0) is 11.2 Å². The molecule has 2 atom stereocenters. The van der Waals surface area contributed by atoms with Crippen molar-refractivity contribution < 1.29 is 9.18 Å². The van der Waals surface area contributed by atoms with Gasteiger partial charge in [0.25, 0.3) is 0 Å². The molecule has 2 aromatic carbocycles. The molecule has 0 aromatic heterocycles. The Hall–Kier alpha value is -1.43. The van der Waals surface area contributed by atoms with E-state index in [9.17, 15) is 9.18 Å². The molecular weight excluding hydrogens is 395 g/mol. The molecule has 0 aliphatic carbocycles. The summed E-state index contributed by atoms with van der Waals surface area (Å²) in [6.07, 6.45) is 0.435. The molecule has 0 fully saturated rings. The first-order valence-corrected chi connectivity index (χ1v) is 8.30. The molecule has 0 aliphatic rings. The zero-order chi connectivity index (χ0) is 16.8. The van der Waals surface area contributed by atoms with Crippen molar-refractivity contribution in [3.63, 3.8) is 0 Å². The van der Waals surface area contributed by atoms with Crippen LogP contribution in [0.1, 0.15) is 24.1 Å². The summed E-state index contributed by atoms with van der Waals surface area (Å²) in [6, 6.07) is 13.9. The van der Waals surface area contributed by atoms with Crippen molar-refractivity contribution in [3.05, 3.63) is 69.9 Å². The topological polar surface area (TPSA) is 55.1 Å². The predicted molar refractivity (Wildman–Crippen MR) is 101 cm³/mol. The molecule has 2 aromatic rings. The lowest BCUT2D eigenvalue weighted by molar-refractivity contribution is -0.125. The third kappa shape index (κ3) is 5.58. The second-order valence-electron chi connectivity index (χ2n) is 5.50. The first-order valence-electron chi connectivity index (χ1n) is 7.51. The lowest BCUT2D eigenvalue weighted by Crippen LogP contribution is -2.36. The van der Waals surface area contributed by atoms with E-state index < -0.39 is 0 Å². The maximum Gasteiger partial charge on any atom is 0.224 e. The number of carbonyl (C=O) groups excluding carboxylic acids is 1. The summed E-state index contributed by atoms with van der Waals surface area (Å²) in [4.78, 5) is 12.2. The molecule has 3 N–H and O–H groups in total. The third-order valence-electron chi connectivity index (χ3n) is 3.84. The van der Waals surface area contributed by atoms with Gasteiger partial charge in [-0.15, -0.1) is 12.4 Å². The number of rotatable bonds is 6. The van der Waals surface area contributed by atoms with Gasteiger partial charge in [-0.3, -0.25) is 4.79 Å². The predicted octanol–water partition coefficient (Wildman–Crippen LogP) is 4.00. The van der Waals surface area contributed by atoms with E-state index in [4.69, 9.17) is 5.73 Å². The molecule has 1 amide bonds. The van der Waals surface area contributed by atoms with E-state index in [-0.39, 0.29) is 36.1 Å². The second-order valence-corrected chi connectivity index (χ2v) is 6.42. The van der Waals surface area contributed by atoms with E-state index in [0.29, 0.717) is 18.5 Å². The van der Waals surface area contributed by atoms with Gasteiger partial charge < -0.3 is 11.1 Å². The number of nitrogens with two attached hydrogens (primary N) is 1. The van der Waals surface area contributed by atoms with Crippen LogP contribution in [0, 0.1) is 11.7 Å². The van der Waals surface area contributed by atoms with Crippen LogP contribution in [0.3, 0.4) is 0 Å². The zero-order valence-electron chi connectivity index (χ0n) is 13.3. The summed E-state index contributed by atoms with van der Waals surface area (Å²) in [5, 5.41) is 2.83. The smallest absolute Gasteiger partial charge is 0.224 e. The van der Waals surface area contributed by atoms with Gasteiger partial charge in [0.05, 0.1) is 5.92 Å². The fourth-order valence-electron chi connectivity index (χ4n) is 2.34. The van der Waals surface area contributed by atoms with Crippen molar-refractivity contribution in [2.75, 3.05) is 6.54 Å².